The van der Waals surface area contributed by atoms with Crippen LogP contribution < -0.4 is 0 Å². The zero-order chi connectivity index (χ0) is 11.7. The number of ketones is 1. The molecule has 0 aliphatic carbocycles. The second-order valence-corrected chi connectivity index (χ2v) is 4.02. The molecule has 0 amide bonds. The zero-order valence-electron chi connectivity index (χ0n) is 8.57. The molecule has 0 aromatic heterocycles. The first-order valence-corrected chi connectivity index (χ1v) is 4.77. The first-order valence-electron chi connectivity index (χ1n) is 4.77. The van der Waals surface area contributed by atoms with E-state index in [0.29, 0.717) is 0 Å². The summed E-state index contributed by atoms with van der Waals surface area (Å²) >= 11 is 0. The first kappa shape index (κ1) is 12.5. The number of carbonyl (C=O) groups excluding carboxylic acids is 1. The van der Waals surface area contributed by atoms with E-state index in [2.05, 4.69) is 4.74 Å². The van der Waals surface area contributed by atoms with E-state index < -0.39 is 36.5 Å². The summed E-state index contributed by atoms with van der Waals surface area (Å²) in [5.41, 5.74) is 0. The van der Waals surface area contributed by atoms with E-state index in [-0.39, 0.29) is 5.92 Å². The molecule has 0 saturated carbocycles. The highest BCUT2D eigenvalue weighted by Crippen LogP contribution is 2.22. The second-order valence-electron chi connectivity index (χ2n) is 4.02. The van der Waals surface area contributed by atoms with Crippen LogP contribution in [0.4, 0.5) is 0 Å². The summed E-state index contributed by atoms with van der Waals surface area (Å²) in [5, 5.41) is 37.0. The fraction of sp³-hybridized carbons (Fsp3) is 0.889. The number of hydrogen-bond donors (Lipinski definition) is 4. The van der Waals surface area contributed by atoms with Gasteiger partial charge in [-0.1, -0.05) is 13.8 Å². The maximum atomic E-state index is 11.5. The second kappa shape index (κ2) is 4.54. The van der Waals surface area contributed by atoms with Crippen LogP contribution in [0.15, 0.2) is 0 Å². The van der Waals surface area contributed by atoms with Crippen LogP contribution in [0.2, 0.25) is 0 Å². The van der Waals surface area contributed by atoms with E-state index in [1.54, 1.807) is 13.8 Å². The van der Waals surface area contributed by atoms with Gasteiger partial charge < -0.3 is 25.2 Å². The van der Waals surface area contributed by atoms with Crippen molar-refractivity contribution in [2.24, 2.45) is 5.92 Å². The van der Waals surface area contributed by atoms with Crippen LogP contribution in [0.3, 0.4) is 0 Å². The largest absolute Gasteiger partial charge is 0.387 e. The predicted molar refractivity (Wildman–Crippen MR) is 48.7 cm³/mol. The fourth-order valence-electron chi connectivity index (χ4n) is 1.39. The van der Waals surface area contributed by atoms with Gasteiger partial charge in [-0.15, -0.1) is 0 Å². The van der Waals surface area contributed by atoms with Crippen molar-refractivity contribution in [2.45, 2.75) is 44.6 Å². The Kier molecular flexibility index (Phi) is 3.80. The van der Waals surface area contributed by atoms with E-state index in [0.717, 1.165) is 0 Å². The number of ether oxygens (including phenoxy) is 1. The number of aliphatic hydroxyl groups excluding tert-OH is 4. The van der Waals surface area contributed by atoms with Gasteiger partial charge in [0.1, 0.15) is 18.3 Å². The van der Waals surface area contributed by atoms with Gasteiger partial charge in [0.25, 0.3) is 0 Å². The van der Waals surface area contributed by atoms with E-state index in [4.69, 9.17) is 10.2 Å². The van der Waals surface area contributed by atoms with Crippen molar-refractivity contribution in [3.63, 3.8) is 0 Å². The molecule has 15 heavy (non-hydrogen) atoms. The SMILES string of the molecule is CC(C)C(O)C(=O)[C@H]1O[C@H](O)[C@H](O)[C@H]1O. The molecule has 0 spiro atoms. The number of aliphatic hydroxyl groups is 4. The Hall–Kier alpha value is -0.530. The molecule has 0 bridgehead atoms. The van der Waals surface area contributed by atoms with E-state index in [1.807, 2.05) is 0 Å². The lowest BCUT2D eigenvalue weighted by molar-refractivity contribution is -0.157. The van der Waals surface area contributed by atoms with Crippen LogP contribution in [0.5, 0.6) is 0 Å². The van der Waals surface area contributed by atoms with Crippen LogP contribution >= 0.6 is 0 Å². The summed E-state index contributed by atoms with van der Waals surface area (Å²) in [7, 11) is 0. The lowest BCUT2D eigenvalue weighted by atomic mass is 9.96. The predicted octanol–water partition coefficient (Wildman–Crippen LogP) is -1.99. The number of hydrogen-bond acceptors (Lipinski definition) is 6. The molecule has 1 rings (SSSR count). The van der Waals surface area contributed by atoms with Gasteiger partial charge in [0.05, 0.1) is 0 Å². The monoisotopic (exact) mass is 220 g/mol. The Bertz CT molecular complexity index is 241. The Morgan fingerprint density at radius 3 is 2.07 bits per heavy atom. The molecular formula is C9H16O6. The maximum absolute atomic E-state index is 11.5. The smallest absolute Gasteiger partial charge is 0.193 e. The molecule has 0 aromatic carbocycles. The van der Waals surface area contributed by atoms with Crippen molar-refractivity contribution in [3.05, 3.63) is 0 Å². The molecule has 6 nitrogen and oxygen atoms in total. The summed E-state index contributed by atoms with van der Waals surface area (Å²) in [5.74, 6) is -1.05. The standard InChI is InChI=1S/C9H16O6/c1-3(2)4(10)5(11)8-6(12)7(13)9(14)15-8/h3-4,6-10,12-14H,1-2H3/t4?,6-,7-,8-,9+/m1/s1. The third-order valence-electron chi connectivity index (χ3n) is 2.44. The molecule has 0 aromatic rings. The van der Waals surface area contributed by atoms with Crippen molar-refractivity contribution in [1.82, 2.24) is 0 Å². The molecular weight excluding hydrogens is 204 g/mol. The molecule has 1 saturated heterocycles. The van der Waals surface area contributed by atoms with Gasteiger partial charge in [0.15, 0.2) is 18.2 Å². The van der Waals surface area contributed by atoms with Crippen LogP contribution in [-0.4, -0.2) is 56.9 Å². The van der Waals surface area contributed by atoms with Gasteiger partial charge in [-0.3, -0.25) is 4.79 Å². The third-order valence-corrected chi connectivity index (χ3v) is 2.44. The summed E-state index contributed by atoms with van der Waals surface area (Å²) in [6.45, 7) is 3.27. The summed E-state index contributed by atoms with van der Waals surface area (Å²) in [4.78, 5) is 11.5. The van der Waals surface area contributed by atoms with Crippen molar-refractivity contribution in [3.8, 4) is 0 Å². The van der Waals surface area contributed by atoms with Crippen molar-refractivity contribution >= 4 is 5.78 Å². The number of rotatable bonds is 3. The highest BCUT2D eigenvalue weighted by molar-refractivity contribution is 5.88. The van der Waals surface area contributed by atoms with E-state index in [1.165, 1.54) is 0 Å². The summed E-state index contributed by atoms with van der Waals surface area (Å²) in [6.07, 6.45) is -7.25. The summed E-state index contributed by atoms with van der Waals surface area (Å²) < 4.78 is 4.66. The molecule has 1 aliphatic heterocycles. The molecule has 88 valence electrons. The Balaban J connectivity index is 2.70. The lowest BCUT2D eigenvalue weighted by Gasteiger charge is -2.19. The molecule has 1 unspecified atom stereocenters. The number of carbonyl (C=O) groups is 1. The Labute approximate surface area is 87.1 Å². The normalized spacial score (nSPS) is 38.3. The molecule has 4 N–H and O–H groups in total. The van der Waals surface area contributed by atoms with E-state index in [9.17, 15) is 15.0 Å². The van der Waals surface area contributed by atoms with Crippen LogP contribution in [-0.2, 0) is 9.53 Å². The third kappa shape index (κ3) is 2.35. The highest BCUT2D eigenvalue weighted by Gasteiger charge is 2.47. The summed E-state index contributed by atoms with van der Waals surface area (Å²) in [6, 6.07) is 0. The first-order chi connectivity index (χ1) is 6.86. The molecule has 6 heteroatoms. The van der Waals surface area contributed by atoms with E-state index >= 15 is 0 Å². The average molecular weight is 220 g/mol. The van der Waals surface area contributed by atoms with Gasteiger partial charge in [0, 0.05) is 0 Å². The quantitative estimate of drug-likeness (QED) is 0.438. The molecule has 5 atom stereocenters. The highest BCUT2D eigenvalue weighted by atomic mass is 16.6. The fourth-order valence-corrected chi connectivity index (χ4v) is 1.39. The minimum absolute atomic E-state index is 0.316. The average Bonchev–Trinajstić information content (AvgIpc) is 2.43. The van der Waals surface area contributed by atoms with Gasteiger partial charge >= 0.3 is 0 Å². The van der Waals surface area contributed by atoms with Gasteiger partial charge in [-0.25, -0.2) is 0 Å². The zero-order valence-corrected chi connectivity index (χ0v) is 8.57. The van der Waals surface area contributed by atoms with Gasteiger partial charge in [0.2, 0.25) is 0 Å². The van der Waals surface area contributed by atoms with Crippen LogP contribution in [0, 0.1) is 5.92 Å². The lowest BCUT2D eigenvalue weighted by Crippen LogP contribution is -2.43. The van der Waals surface area contributed by atoms with Crippen LogP contribution in [0.1, 0.15) is 13.8 Å². The van der Waals surface area contributed by atoms with Crippen LogP contribution in [0.25, 0.3) is 0 Å². The van der Waals surface area contributed by atoms with Gasteiger partial charge in [-0.2, -0.15) is 0 Å². The number of Topliss-reactive ketones (excluding diaryl/α,β-unsaturated/α-hetero) is 1. The molecule has 1 fully saturated rings. The minimum Gasteiger partial charge on any atom is -0.387 e. The topological polar surface area (TPSA) is 107 Å². The maximum Gasteiger partial charge on any atom is 0.193 e. The molecule has 1 aliphatic rings. The molecule has 0 radical (unpaired) electrons. The van der Waals surface area contributed by atoms with Crippen molar-refractivity contribution < 1.29 is 30.0 Å². The van der Waals surface area contributed by atoms with Crippen molar-refractivity contribution in [2.75, 3.05) is 0 Å². The Morgan fingerprint density at radius 2 is 1.73 bits per heavy atom. The van der Waals surface area contributed by atoms with Crippen molar-refractivity contribution in [1.29, 1.82) is 0 Å². The van der Waals surface area contributed by atoms with Gasteiger partial charge in [-0.05, 0) is 5.92 Å². The molecule has 1 heterocycles. The Morgan fingerprint density at radius 1 is 1.20 bits per heavy atom. The minimum atomic E-state index is -1.59.